The van der Waals surface area contributed by atoms with Crippen LogP contribution in [0.5, 0.6) is 17.2 Å². The van der Waals surface area contributed by atoms with Gasteiger partial charge < -0.3 is 14.2 Å². The van der Waals surface area contributed by atoms with Crippen molar-refractivity contribution in [3.8, 4) is 17.2 Å². The number of carbonyl (C=O) groups excluding carboxylic acids is 1. The molecule has 36 heavy (non-hydrogen) atoms. The molecule has 186 valence electrons. The quantitative estimate of drug-likeness (QED) is 0.278. The van der Waals surface area contributed by atoms with E-state index in [4.69, 9.17) is 14.2 Å². The molecule has 0 bridgehead atoms. The van der Waals surface area contributed by atoms with Gasteiger partial charge in [-0.2, -0.15) is 0 Å². The van der Waals surface area contributed by atoms with E-state index in [0.717, 1.165) is 22.6 Å². The third-order valence-electron chi connectivity index (χ3n) is 5.35. The lowest BCUT2D eigenvalue weighted by Gasteiger charge is -2.14. The number of amidine groups is 1. The maximum absolute atomic E-state index is 13.2. The second-order valence-electron chi connectivity index (χ2n) is 7.70. The zero-order chi connectivity index (χ0) is 25.7. The van der Waals surface area contributed by atoms with E-state index in [0.29, 0.717) is 32.6 Å². The maximum Gasteiger partial charge on any atom is 0.266 e. The third kappa shape index (κ3) is 5.91. The number of aliphatic imine (C=N–C) groups is 1. The van der Waals surface area contributed by atoms with Gasteiger partial charge in [-0.1, -0.05) is 12.1 Å². The van der Waals surface area contributed by atoms with Crippen molar-refractivity contribution in [2.45, 2.75) is 13.5 Å². The van der Waals surface area contributed by atoms with Crippen molar-refractivity contribution in [2.75, 3.05) is 20.8 Å². The minimum Gasteiger partial charge on any atom is -0.497 e. The maximum atomic E-state index is 13.2. The molecule has 0 saturated carbocycles. The summed E-state index contributed by atoms with van der Waals surface area (Å²) in [5.74, 6) is 1.36. The normalized spacial score (nSPS) is 15.6. The lowest BCUT2D eigenvalue weighted by molar-refractivity contribution is -0.122. The van der Waals surface area contributed by atoms with E-state index in [1.165, 1.54) is 23.9 Å². The van der Waals surface area contributed by atoms with Crippen molar-refractivity contribution in [1.29, 1.82) is 0 Å². The number of methoxy groups -OCH3 is 2. The summed E-state index contributed by atoms with van der Waals surface area (Å²) in [4.78, 5) is 19.9. The van der Waals surface area contributed by atoms with Gasteiger partial charge in [0.1, 0.15) is 18.2 Å². The summed E-state index contributed by atoms with van der Waals surface area (Å²) in [5.41, 5.74) is 2.33. The van der Waals surface area contributed by atoms with E-state index >= 15 is 0 Å². The predicted molar refractivity (Wildman–Crippen MR) is 144 cm³/mol. The van der Waals surface area contributed by atoms with Gasteiger partial charge in [0, 0.05) is 6.54 Å². The number of thioether (sulfide) groups is 1. The predicted octanol–water partition coefficient (Wildman–Crippen LogP) is 6.81. The Balaban J connectivity index is 1.57. The number of ether oxygens (including phenoxy) is 3. The monoisotopic (exact) mass is 570 g/mol. The summed E-state index contributed by atoms with van der Waals surface area (Å²) in [5, 5.41) is 0.615. The molecular formula is C27H24BrFN2O4S. The SMILES string of the molecule is CCN1C(=O)/C(=C\c2cc(Br)c(OCc3ccc(F)cc3)c(OC)c2)SC1=Nc1ccc(OC)cc1. The number of benzene rings is 3. The fraction of sp³-hybridized carbons (Fsp3) is 0.185. The summed E-state index contributed by atoms with van der Waals surface area (Å²) >= 11 is 4.87. The second-order valence-corrected chi connectivity index (χ2v) is 9.57. The van der Waals surface area contributed by atoms with Gasteiger partial charge in [-0.15, -0.1) is 0 Å². The molecule has 1 amide bonds. The van der Waals surface area contributed by atoms with E-state index in [9.17, 15) is 9.18 Å². The summed E-state index contributed by atoms with van der Waals surface area (Å²) < 4.78 is 30.5. The first kappa shape index (κ1) is 25.8. The topological polar surface area (TPSA) is 60.4 Å². The van der Waals surface area contributed by atoms with Crippen LogP contribution in [0.25, 0.3) is 6.08 Å². The number of rotatable bonds is 8. The number of carbonyl (C=O) groups is 1. The highest BCUT2D eigenvalue weighted by Gasteiger charge is 2.32. The van der Waals surface area contributed by atoms with Crippen molar-refractivity contribution in [3.63, 3.8) is 0 Å². The average Bonchev–Trinajstić information content (AvgIpc) is 3.17. The molecule has 1 aliphatic heterocycles. The fourth-order valence-corrected chi connectivity index (χ4v) is 5.12. The molecule has 0 unspecified atom stereocenters. The molecule has 3 aromatic rings. The Kier molecular flexibility index (Phi) is 8.32. The molecule has 1 heterocycles. The van der Waals surface area contributed by atoms with Gasteiger partial charge in [-0.25, -0.2) is 9.38 Å². The largest absolute Gasteiger partial charge is 0.497 e. The Hall–Kier alpha value is -3.30. The van der Waals surface area contributed by atoms with Crippen molar-refractivity contribution >= 4 is 50.5 Å². The first-order valence-electron chi connectivity index (χ1n) is 11.1. The van der Waals surface area contributed by atoms with E-state index < -0.39 is 0 Å². The molecule has 0 atom stereocenters. The second kappa shape index (κ2) is 11.6. The molecular weight excluding hydrogens is 547 g/mol. The molecule has 6 nitrogen and oxygen atoms in total. The number of hydrogen-bond acceptors (Lipinski definition) is 6. The summed E-state index contributed by atoms with van der Waals surface area (Å²) in [6.07, 6.45) is 1.81. The van der Waals surface area contributed by atoms with Crippen LogP contribution in [0, 0.1) is 5.82 Å². The number of likely N-dealkylation sites (N-methyl/N-ethyl adjacent to an activating group) is 1. The van der Waals surface area contributed by atoms with Gasteiger partial charge in [0.2, 0.25) is 0 Å². The van der Waals surface area contributed by atoms with Crippen LogP contribution in [-0.4, -0.2) is 36.7 Å². The number of amides is 1. The van der Waals surface area contributed by atoms with Gasteiger partial charge in [0.25, 0.3) is 5.91 Å². The molecule has 0 spiro atoms. The van der Waals surface area contributed by atoms with Crippen LogP contribution >= 0.6 is 27.7 Å². The molecule has 3 aromatic carbocycles. The molecule has 1 fully saturated rings. The first-order valence-corrected chi connectivity index (χ1v) is 12.7. The smallest absolute Gasteiger partial charge is 0.266 e. The molecule has 0 aromatic heterocycles. The van der Waals surface area contributed by atoms with E-state index in [1.807, 2.05) is 43.3 Å². The lowest BCUT2D eigenvalue weighted by atomic mass is 10.1. The van der Waals surface area contributed by atoms with Crippen LogP contribution in [0.15, 0.2) is 75.0 Å². The zero-order valence-electron chi connectivity index (χ0n) is 20.0. The van der Waals surface area contributed by atoms with Gasteiger partial charge in [0.05, 0.1) is 29.3 Å². The highest BCUT2D eigenvalue weighted by Crippen LogP contribution is 2.40. The van der Waals surface area contributed by atoms with Crippen LogP contribution in [0.3, 0.4) is 0 Å². The van der Waals surface area contributed by atoms with Gasteiger partial charge in [-0.3, -0.25) is 9.69 Å². The Morgan fingerprint density at radius 2 is 1.78 bits per heavy atom. The Labute approximate surface area is 221 Å². The van der Waals surface area contributed by atoms with Crippen molar-refractivity contribution in [1.82, 2.24) is 4.90 Å². The molecule has 0 N–H and O–H groups in total. The standard InChI is InChI=1S/C27H24BrFN2O4S/c1-4-31-26(32)24(36-27(31)30-20-9-11-21(33-2)12-10-20)15-18-13-22(28)25(23(14-18)34-3)35-16-17-5-7-19(29)8-6-17/h5-15H,4,16H2,1-3H3/b24-15+,30-27?. The van der Waals surface area contributed by atoms with E-state index in [1.54, 1.807) is 37.3 Å². The minimum atomic E-state index is -0.298. The van der Waals surface area contributed by atoms with Gasteiger partial charge in [0.15, 0.2) is 16.7 Å². The average molecular weight is 571 g/mol. The highest BCUT2D eigenvalue weighted by molar-refractivity contribution is 9.10. The highest BCUT2D eigenvalue weighted by atomic mass is 79.9. The molecule has 1 saturated heterocycles. The van der Waals surface area contributed by atoms with Crippen LogP contribution in [-0.2, 0) is 11.4 Å². The van der Waals surface area contributed by atoms with Crippen LogP contribution in [0.2, 0.25) is 0 Å². The number of halogens is 2. The first-order chi connectivity index (χ1) is 17.4. The van der Waals surface area contributed by atoms with Crippen LogP contribution in [0.4, 0.5) is 10.1 Å². The fourth-order valence-electron chi connectivity index (χ4n) is 3.49. The van der Waals surface area contributed by atoms with Gasteiger partial charge in [-0.05, 0) is 100 Å². The summed E-state index contributed by atoms with van der Waals surface area (Å²) in [6, 6.07) is 17.1. The van der Waals surface area contributed by atoms with Crippen molar-refractivity contribution in [3.05, 3.63) is 87.0 Å². The Morgan fingerprint density at radius 3 is 2.42 bits per heavy atom. The zero-order valence-corrected chi connectivity index (χ0v) is 22.4. The molecule has 0 aliphatic carbocycles. The third-order valence-corrected chi connectivity index (χ3v) is 6.94. The number of hydrogen-bond donors (Lipinski definition) is 0. The van der Waals surface area contributed by atoms with Crippen molar-refractivity contribution < 1.29 is 23.4 Å². The molecule has 4 rings (SSSR count). The van der Waals surface area contributed by atoms with E-state index in [2.05, 4.69) is 20.9 Å². The number of nitrogens with zero attached hydrogens (tertiary/aromatic N) is 2. The summed E-state index contributed by atoms with van der Waals surface area (Å²) in [6.45, 7) is 2.67. The minimum absolute atomic E-state index is 0.110. The summed E-state index contributed by atoms with van der Waals surface area (Å²) in [7, 11) is 3.16. The Morgan fingerprint density at radius 1 is 1.06 bits per heavy atom. The van der Waals surface area contributed by atoms with Crippen molar-refractivity contribution in [2.24, 2.45) is 4.99 Å². The van der Waals surface area contributed by atoms with Crippen LogP contribution in [0.1, 0.15) is 18.1 Å². The molecule has 9 heteroatoms. The van der Waals surface area contributed by atoms with E-state index in [-0.39, 0.29) is 18.3 Å². The van der Waals surface area contributed by atoms with Gasteiger partial charge >= 0.3 is 0 Å². The lowest BCUT2D eigenvalue weighted by Crippen LogP contribution is -2.28. The molecule has 1 aliphatic rings. The van der Waals surface area contributed by atoms with Crippen LogP contribution < -0.4 is 14.2 Å². The molecule has 0 radical (unpaired) electrons. The Bertz CT molecular complexity index is 1310.